The average molecular weight is 186 g/mol. The molecule has 3 atom stereocenters. The maximum atomic E-state index is 10.8. The van der Waals surface area contributed by atoms with Crippen LogP contribution < -0.4 is 0 Å². The first-order valence-corrected chi connectivity index (χ1v) is 4.81. The number of hydrogen-bond acceptors (Lipinski definition) is 3. The van der Waals surface area contributed by atoms with Crippen LogP contribution in [-0.4, -0.2) is 25.3 Å². The average Bonchev–Trinajstić information content (AvgIpc) is 2.01. The molecule has 3 unspecified atom stereocenters. The Labute approximate surface area is 79.4 Å². The van der Waals surface area contributed by atoms with E-state index in [2.05, 4.69) is 6.92 Å². The van der Waals surface area contributed by atoms with Crippen molar-refractivity contribution in [3.05, 3.63) is 0 Å². The summed E-state index contributed by atoms with van der Waals surface area (Å²) in [5, 5.41) is 0. The van der Waals surface area contributed by atoms with Crippen molar-refractivity contribution in [2.75, 3.05) is 7.11 Å². The Morgan fingerprint density at radius 1 is 1.23 bits per heavy atom. The topological polar surface area (TPSA) is 35.5 Å². The molecule has 0 aromatic carbocycles. The van der Waals surface area contributed by atoms with Gasteiger partial charge in [-0.3, -0.25) is 4.79 Å². The predicted molar refractivity (Wildman–Crippen MR) is 49.4 cm³/mol. The van der Waals surface area contributed by atoms with Crippen LogP contribution in [0, 0.1) is 5.92 Å². The monoisotopic (exact) mass is 186 g/mol. The van der Waals surface area contributed by atoms with Gasteiger partial charge < -0.3 is 9.47 Å². The third-order valence-electron chi connectivity index (χ3n) is 2.52. The smallest absolute Gasteiger partial charge is 0.302 e. The fourth-order valence-corrected chi connectivity index (χ4v) is 2.00. The number of esters is 1. The van der Waals surface area contributed by atoms with Crippen LogP contribution in [0.3, 0.4) is 0 Å². The van der Waals surface area contributed by atoms with Gasteiger partial charge in [0.2, 0.25) is 0 Å². The Balaban J connectivity index is 2.42. The molecule has 0 aromatic rings. The van der Waals surface area contributed by atoms with Crippen LogP contribution in [0.1, 0.15) is 33.1 Å². The highest BCUT2D eigenvalue weighted by atomic mass is 16.5. The number of carbonyl (C=O) groups is 1. The fourth-order valence-electron chi connectivity index (χ4n) is 2.00. The van der Waals surface area contributed by atoms with Crippen LogP contribution in [0.2, 0.25) is 0 Å². The third kappa shape index (κ3) is 3.35. The predicted octanol–water partition coefficient (Wildman–Crippen LogP) is 1.75. The van der Waals surface area contributed by atoms with E-state index in [0.29, 0.717) is 5.92 Å². The zero-order chi connectivity index (χ0) is 9.84. The number of ether oxygens (including phenoxy) is 2. The number of rotatable bonds is 2. The molecule has 13 heavy (non-hydrogen) atoms. The normalized spacial score (nSPS) is 34.2. The van der Waals surface area contributed by atoms with Crippen molar-refractivity contribution in [1.82, 2.24) is 0 Å². The highest BCUT2D eigenvalue weighted by Gasteiger charge is 2.28. The molecule has 1 aliphatic carbocycles. The van der Waals surface area contributed by atoms with Crippen LogP contribution in [-0.2, 0) is 14.3 Å². The first-order valence-electron chi connectivity index (χ1n) is 4.81. The summed E-state index contributed by atoms with van der Waals surface area (Å²) in [7, 11) is 1.72. The first-order chi connectivity index (χ1) is 6.11. The van der Waals surface area contributed by atoms with Gasteiger partial charge >= 0.3 is 5.97 Å². The summed E-state index contributed by atoms with van der Waals surface area (Å²) in [4.78, 5) is 10.8. The highest BCUT2D eigenvalue weighted by Crippen LogP contribution is 2.27. The lowest BCUT2D eigenvalue weighted by molar-refractivity contribution is -0.151. The zero-order valence-corrected chi connectivity index (χ0v) is 8.58. The van der Waals surface area contributed by atoms with E-state index in [1.165, 1.54) is 6.92 Å². The zero-order valence-electron chi connectivity index (χ0n) is 8.58. The van der Waals surface area contributed by atoms with Crippen molar-refractivity contribution in [1.29, 1.82) is 0 Å². The van der Waals surface area contributed by atoms with E-state index in [1.54, 1.807) is 7.11 Å². The number of hydrogen-bond donors (Lipinski definition) is 0. The van der Waals surface area contributed by atoms with Crippen molar-refractivity contribution >= 4 is 5.97 Å². The molecule has 0 radical (unpaired) electrons. The Morgan fingerprint density at radius 2 is 1.85 bits per heavy atom. The van der Waals surface area contributed by atoms with Gasteiger partial charge in [-0.1, -0.05) is 6.92 Å². The lowest BCUT2D eigenvalue weighted by Crippen LogP contribution is -2.32. The van der Waals surface area contributed by atoms with Crippen LogP contribution in [0.4, 0.5) is 0 Å². The fraction of sp³-hybridized carbons (Fsp3) is 0.900. The second kappa shape index (κ2) is 4.61. The van der Waals surface area contributed by atoms with Crippen LogP contribution in [0.25, 0.3) is 0 Å². The maximum Gasteiger partial charge on any atom is 0.302 e. The molecule has 76 valence electrons. The molecule has 0 amide bonds. The van der Waals surface area contributed by atoms with E-state index in [4.69, 9.17) is 9.47 Å². The molecule has 0 spiro atoms. The minimum Gasteiger partial charge on any atom is -0.462 e. The van der Waals surface area contributed by atoms with Crippen LogP contribution in [0.15, 0.2) is 0 Å². The third-order valence-corrected chi connectivity index (χ3v) is 2.52. The van der Waals surface area contributed by atoms with Gasteiger partial charge in [0.25, 0.3) is 0 Å². The highest BCUT2D eigenvalue weighted by molar-refractivity contribution is 5.66. The lowest BCUT2D eigenvalue weighted by Gasteiger charge is -2.31. The van der Waals surface area contributed by atoms with Gasteiger partial charge in [-0.05, 0) is 18.8 Å². The Bertz CT molecular complexity index is 179. The molecule has 3 heteroatoms. The van der Waals surface area contributed by atoms with Gasteiger partial charge in [0.1, 0.15) is 6.10 Å². The largest absolute Gasteiger partial charge is 0.462 e. The van der Waals surface area contributed by atoms with Gasteiger partial charge in [0, 0.05) is 20.5 Å². The molecule has 0 bridgehead atoms. The van der Waals surface area contributed by atoms with Gasteiger partial charge in [0.05, 0.1) is 6.10 Å². The van der Waals surface area contributed by atoms with E-state index in [0.717, 1.165) is 19.3 Å². The molecule has 1 saturated carbocycles. The Kier molecular flexibility index (Phi) is 3.72. The molecule has 0 heterocycles. The summed E-state index contributed by atoms with van der Waals surface area (Å²) >= 11 is 0. The second-order valence-corrected chi connectivity index (χ2v) is 3.90. The standard InChI is InChI=1S/C10H18O3/c1-7-4-9(12-3)6-10(5-7)13-8(2)11/h7,9-10H,4-6H2,1-3H3. The summed E-state index contributed by atoms with van der Waals surface area (Å²) in [5.74, 6) is 0.400. The maximum absolute atomic E-state index is 10.8. The molecule has 1 rings (SSSR count). The van der Waals surface area contributed by atoms with Gasteiger partial charge in [-0.15, -0.1) is 0 Å². The van der Waals surface area contributed by atoms with Crippen molar-refractivity contribution in [3.63, 3.8) is 0 Å². The van der Waals surface area contributed by atoms with Crippen molar-refractivity contribution in [2.45, 2.75) is 45.3 Å². The van der Waals surface area contributed by atoms with E-state index in [-0.39, 0.29) is 18.2 Å². The second-order valence-electron chi connectivity index (χ2n) is 3.90. The minimum atomic E-state index is -0.186. The summed E-state index contributed by atoms with van der Waals surface area (Å²) in [6, 6.07) is 0. The van der Waals surface area contributed by atoms with Crippen molar-refractivity contribution in [2.24, 2.45) is 5.92 Å². The minimum absolute atomic E-state index is 0.0613. The van der Waals surface area contributed by atoms with E-state index < -0.39 is 0 Å². The molecule has 0 N–H and O–H groups in total. The number of methoxy groups -OCH3 is 1. The molecule has 3 nitrogen and oxygen atoms in total. The van der Waals surface area contributed by atoms with E-state index in [1.807, 2.05) is 0 Å². The SMILES string of the molecule is COC1CC(C)CC(OC(C)=O)C1. The van der Waals surface area contributed by atoms with Gasteiger partial charge in [-0.2, -0.15) is 0 Å². The first kappa shape index (κ1) is 10.5. The van der Waals surface area contributed by atoms with Crippen molar-refractivity contribution < 1.29 is 14.3 Å². The van der Waals surface area contributed by atoms with Crippen molar-refractivity contribution in [3.8, 4) is 0 Å². The molecule has 0 aromatic heterocycles. The molecule has 0 saturated heterocycles. The van der Waals surface area contributed by atoms with E-state index >= 15 is 0 Å². The molecular weight excluding hydrogens is 168 g/mol. The van der Waals surface area contributed by atoms with Gasteiger partial charge in [-0.25, -0.2) is 0 Å². The number of carbonyl (C=O) groups excluding carboxylic acids is 1. The molecule has 1 fully saturated rings. The van der Waals surface area contributed by atoms with Crippen LogP contribution in [0.5, 0.6) is 0 Å². The molecule has 0 aliphatic heterocycles. The summed E-state index contributed by atoms with van der Waals surface area (Å²) in [6.45, 7) is 3.63. The van der Waals surface area contributed by atoms with Gasteiger partial charge in [0.15, 0.2) is 0 Å². The molecule has 1 aliphatic rings. The summed E-state index contributed by atoms with van der Waals surface area (Å²) in [6.07, 6.45) is 3.22. The van der Waals surface area contributed by atoms with Crippen LogP contribution >= 0.6 is 0 Å². The summed E-state index contributed by atoms with van der Waals surface area (Å²) in [5.41, 5.74) is 0. The summed E-state index contributed by atoms with van der Waals surface area (Å²) < 4.78 is 10.5. The Hall–Kier alpha value is -0.570. The lowest BCUT2D eigenvalue weighted by atomic mass is 9.86. The molecular formula is C10H18O3. The van der Waals surface area contributed by atoms with E-state index in [9.17, 15) is 4.79 Å². The Morgan fingerprint density at radius 3 is 2.38 bits per heavy atom. The quantitative estimate of drug-likeness (QED) is 0.616.